The molecule has 6 heteroatoms. The van der Waals surface area contributed by atoms with Crippen LogP contribution in [-0.4, -0.2) is 44.2 Å². The number of amides is 1. The van der Waals surface area contributed by atoms with Crippen molar-refractivity contribution in [2.24, 2.45) is 0 Å². The number of para-hydroxylation sites is 3. The molecule has 3 heterocycles. The lowest BCUT2D eigenvalue weighted by atomic mass is 9.98. The van der Waals surface area contributed by atoms with Gasteiger partial charge in [0.25, 0.3) is 0 Å². The van der Waals surface area contributed by atoms with Crippen molar-refractivity contribution < 1.29 is 9.59 Å². The third-order valence-corrected chi connectivity index (χ3v) is 5.88. The highest BCUT2D eigenvalue weighted by Crippen LogP contribution is 2.31. The number of nitrogens with one attached hydrogen (secondary N) is 1. The molecule has 1 unspecified atom stereocenters. The average molecular weight is 386 g/mol. The molecule has 0 bridgehead atoms. The minimum atomic E-state index is -0.371. The number of nitrogens with zero attached hydrogens (tertiary/aromatic N) is 3. The minimum Gasteiger partial charge on any atom is -0.342 e. The number of fused-ring (bicyclic) bond motifs is 2. The molecule has 2 aromatic carbocycles. The normalized spacial score (nSPS) is 15.6. The van der Waals surface area contributed by atoms with E-state index in [1.165, 1.54) is 0 Å². The molecule has 146 valence electrons. The van der Waals surface area contributed by atoms with Gasteiger partial charge in [0.15, 0.2) is 5.78 Å². The summed E-state index contributed by atoms with van der Waals surface area (Å²) in [6, 6.07) is 15.3. The van der Waals surface area contributed by atoms with Gasteiger partial charge in [0, 0.05) is 35.8 Å². The zero-order valence-electron chi connectivity index (χ0n) is 16.4. The number of Topliss-reactive ketones (excluding diaryl/α,β-unsaturated/α-hetero) is 1. The monoisotopic (exact) mass is 386 g/mol. The molecule has 6 nitrogen and oxygen atoms in total. The molecule has 1 N–H and O–H groups in total. The minimum absolute atomic E-state index is 0.00787. The van der Waals surface area contributed by atoms with Crippen LogP contribution in [-0.2, 0) is 4.79 Å². The molecule has 4 aromatic rings. The number of carbonyl (C=O) groups is 2. The molecule has 5 rings (SSSR count). The second-order valence-corrected chi connectivity index (χ2v) is 7.78. The summed E-state index contributed by atoms with van der Waals surface area (Å²) in [6.45, 7) is 4.77. The van der Waals surface area contributed by atoms with E-state index in [0.717, 1.165) is 27.8 Å². The second kappa shape index (κ2) is 6.58. The SMILES string of the molecule is CC(=O)c1cn(C(C)C(=O)N2CC(c3nc4ccccc4[nH]3)C2)c2ccccc12. The lowest BCUT2D eigenvalue weighted by Crippen LogP contribution is -2.50. The van der Waals surface area contributed by atoms with E-state index < -0.39 is 0 Å². The topological polar surface area (TPSA) is 71.0 Å². The number of aromatic nitrogens is 3. The summed E-state index contributed by atoms with van der Waals surface area (Å²) in [5.74, 6) is 1.24. The van der Waals surface area contributed by atoms with Crippen molar-refractivity contribution in [3.05, 3.63) is 66.1 Å². The van der Waals surface area contributed by atoms with Crippen LogP contribution in [0.4, 0.5) is 0 Å². The quantitative estimate of drug-likeness (QED) is 0.541. The Bertz CT molecular complexity index is 1210. The first-order valence-corrected chi connectivity index (χ1v) is 9.87. The molecule has 1 amide bonds. The van der Waals surface area contributed by atoms with Crippen LogP contribution in [0.3, 0.4) is 0 Å². The zero-order chi connectivity index (χ0) is 20.1. The summed E-state index contributed by atoms with van der Waals surface area (Å²) in [5, 5.41) is 0.892. The Balaban J connectivity index is 1.35. The molecule has 0 radical (unpaired) electrons. The van der Waals surface area contributed by atoms with Crippen molar-refractivity contribution in [1.29, 1.82) is 0 Å². The Hall–Kier alpha value is -3.41. The van der Waals surface area contributed by atoms with Crippen LogP contribution in [0.25, 0.3) is 21.9 Å². The Morgan fingerprint density at radius 1 is 1.10 bits per heavy atom. The Kier molecular flexibility index (Phi) is 4.01. The number of rotatable bonds is 4. The standard InChI is InChI=1S/C23H22N4O2/c1-14(27-13-18(15(2)28)17-7-3-6-10-21(17)27)23(29)26-11-16(12-26)22-24-19-8-4-5-9-20(19)25-22/h3-10,13-14,16H,11-12H2,1-2H3,(H,24,25). The van der Waals surface area contributed by atoms with Crippen LogP contribution in [0, 0.1) is 0 Å². The summed E-state index contributed by atoms with van der Waals surface area (Å²) < 4.78 is 1.92. The molecule has 0 saturated carbocycles. The summed E-state index contributed by atoms with van der Waals surface area (Å²) in [7, 11) is 0. The first-order chi connectivity index (χ1) is 14.0. The van der Waals surface area contributed by atoms with Gasteiger partial charge in [0.2, 0.25) is 5.91 Å². The Morgan fingerprint density at radius 3 is 2.59 bits per heavy atom. The van der Waals surface area contributed by atoms with Crippen LogP contribution in [0.1, 0.15) is 42.0 Å². The second-order valence-electron chi connectivity index (χ2n) is 7.78. The van der Waals surface area contributed by atoms with E-state index in [1.807, 2.05) is 71.1 Å². The molecule has 0 spiro atoms. The highest BCUT2D eigenvalue weighted by Gasteiger charge is 2.36. The maximum atomic E-state index is 13.1. The van der Waals surface area contributed by atoms with Crippen molar-refractivity contribution in [2.75, 3.05) is 13.1 Å². The van der Waals surface area contributed by atoms with Crippen LogP contribution >= 0.6 is 0 Å². The molecule has 1 saturated heterocycles. The number of aromatic amines is 1. The number of imidazole rings is 1. The predicted molar refractivity (Wildman–Crippen MR) is 112 cm³/mol. The van der Waals surface area contributed by atoms with E-state index in [1.54, 1.807) is 6.92 Å². The van der Waals surface area contributed by atoms with Crippen molar-refractivity contribution in [2.45, 2.75) is 25.8 Å². The molecule has 29 heavy (non-hydrogen) atoms. The lowest BCUT2D eigenvalue weighted by molar-refractivity contribution is -0.138. The molecular formula is C23H22N4O2. The number of H-pyrrole nitrogens is 1. The van der Waals surface area contributed by atoms with Crippen LogP contribution in [0.2, 0.25) is 0 Å². The average Bonchev–Trinajstić information content (AvgIpc) is 3.27. The number of likely N-dealkylation sites (tertiary alicyclic amines) is 1. The Labute approximate surface area is 168 Å². The van der Waals surface area contributed by atoms with Gasteiger partial charge in [-0.05, 0) is 32.0 Å². The van der Waals surface area contributed by atoms with Gasteiger partial charge in [0.05, 0.1) is 17.0 Å². The van der Waals surface area contributed by atoms with Gasteiger partial charge < -0.3 is 14.5 Å². The summed E-state index contributed by atoms with van der Waals surface area (Å²) in [5.41, 5.74) is 3.55. The van der Waals surface area contributed by atoms with Gasteiger partial charge in [-0.1, -0.05) is 30.3 Å². The van der Waals surface area contributed by atoms with E-state index in [4.69, 9.17) is 0 Å². The molecule has 1 fully saturated rings. The first kappa shape index (κ1) is 17.7. The maximum Gasteiger partial charge on any atom is 0.245 e. The van der Waals surface area contributed by atoms with Crippen molar-refractivity contribution in [3.63, 3.8) is 0 Å². The fraction of sp³-hybridized carbons (Fsp3) is 0.261. The van der Waals surface area contributed by atoms with Gasteiger partial charge in [-0.15, -0.1) is 0 Å². The van der Waals surface area contributed by atoms with Crippen molar-refractivity contribution in [1.82, 2.24) is 19.4 Å². The first-order valence-electron chi connectivity index (χ1n) is 9.87. The van der Waals surface area contributed by atoms with Gasteiger partial charge in [0.1, 0.15) is 11.9 Å². The third-order valence-electron chi connectivity index (χ3n) is 5.88. The number of ketones is 1. The molecule has 2 aromatic heterocycles. The van der Waals surface area contributed by atoms with E-state index in [9.17, 15) is 9.59 Å². The summed E-state index contributed by atoms with van der Waals surface area (Å²) in [6.07, 6.45) is 1.81. The van der Waals surface area contributed by atoms with Crippen LogP contribution in [0.5, 0.6) is 0 Å². The van der Waals surface area contributed by atoms with Crippen molar-refractivity contribution >= 4 is 33.6 Å². The van der Waals surface area contributed by atoms with Gasteiger partial charge in [-0.2, -0.15) is 0 Å². The third kappa shape index (κ3) is 2.83. The highest BCUT2D eigenvalue weighted by atomic mass is 16.2. The number of hydrogen-bond donors (Lipinski definition) is 1. The van der Waals surface area contributed by atoms with E-state index in [-0.39, 0.29) is 23.7 Å². The maximum absolute atomic E-state index is 13.1. The fourth-order valence-electron chi connectivity index (χ4n) is 4.19. The van der Waals surface area contributed by atoms with E-state index >= 15 is 0 Å². The fourth-order valence-corrected chi connectivity index (χ4v) is 4.19. The number of hydrogen-bond acceptors (Lipinski definition) is 3. The number of carbonyl (C=O) groups excluding carboxylic acids is 2. The van der Waals surface area contributed by atoms with Crippen molar-refractivity contribution in [3.8, 4) is 0 Å². The Morgan fingerprint density at radius 2 is 1.83 bits per heavy atom. The van der Waals surface area contributed by atoms with Gasteiger partial charge >= 0.3 is 0 Å². The van der Waals surface area contributed by atoms with Gasteiger partial charge in [-0.25, -0.2) is 4.98 Å². The molecule has 1 aliphatic rings. The lowest BCUT2D eigenvalue weighted by Gasteiger charge is -2.39. The summed E-state index contributed by atoms with van der Waals surface area (Å²) in [4.78, 5) is 35.0. The zero-order valence-corrected chi connectivity index (χ0v) is 16.4. The van der Waals surface area contributed by atoms with Gasteiger partial charge in [-0.3, -0.25) is 9.59 Å². The molecule has 1 aliphatic heterocycles. The molecular weight excluding hydrogens is 364 g/mol. The van der Waals surface area contributed by atoms with E-state index in [2.05, 4.69) is 9.97 Å². The smallest absolute Gasteiger partial charge is 0.245 e. The van der Waals surface area contributed by atoms with E-state index in [0.29, 0.717) is 18.7 Å². The van der Waals surface area contributed by atoms with Crippen LogP contribution in [0.15, 0.2) is 54.7 Å². The number of benzene rings is 2. The molecule has 0 aliphatic carbocycles. The highest BCUT2D eigenvalue weighted by molar-refractivity contribution is 6.07. The predicted octanol–water partition coefficient (Wildman–Crippen LogP) is 3.91. The largest absolute Gasteiger partial charge is 0.342 e. The molecule has 1 atom stereocenters. The summed E-state index contributed by atoms with van der Waals surface area (Å²) >= 11 is 0. The van der Waals surface area contributed by atoms with Crippen LogP contribution < -0.4 is 0 Å².